The Kier molecular flexibility index (Phi) is 4.78. The maximum Gasteiger partial charge on any atom is 0.141 e. The van der Waals surface area contributed by atoms with Crippen molar-refractivity contribution in [2.24, 2.45) is 7.05 Å². The van der Waals surface area contributed by atoms with E-state index in [2.05, 4.69) is 17.3 Å². The van der Waals surface area contributed by atoms with E-state index in [1.807, 2.05) is 24.9 Å². The van der Waals surface area contributed by atoms with Gasteiger partial charge in [0.1, 0.15) is 5.82 Å². The van der Waals surface area contributed by atoms with Crippen molar-refractivity contribution in [1.82, 2.24) is 15.1 Å². The third kappa shape index (κ3) is 3.19. The molecule has 2 aromatic rings. The van der Waals surface area contributed by atoms with Crippen LogP contribution in [0.15, 0.2) is 24.4 Å². The van der Waals surface area contributed by atoms with Crippen LogP contribution in [0.25, 0.3) is 0 Å². The smallest absolute Gasteiger partial charge is 0.141 e. The molecule has 0 aliphatic rings. The Bertz CT molecular complexity index is 595. The van der Waals surface area contributed by atoms with Gasteiger partial charge in [-0.3, -0.25) is 4.68 Å². The lowest BCUT2D eigenvalue weighted by molar-refractivity contribution is 0.545. The monoisotopic (exact) mass is 295 g/mol. The first-order chi connectivity index (χ1) is 9.52. The first-order valence-electron chi connectivity index (χ1n) is 6.68. The highest BCUT2D eigenvalue weighted by molar-refractivity contribution is 6.30. The molecule has 1 aromatic carbocycles. The number of hydrogen-bond acceptors (Lipinski definition) is 2. The Morgan fingerprint density at radius 2 is 2.20 bits per heavy atom. The fourth-order valence-electron chi connectivity index (χ4n) is 2.30. The molecule has 0 aliphatic carbocycles. The summed E-state index contributed by atoms with van der Waals surface area (Å²) < 4.78 is 15.1. The van der Waals surface area contributed by atoms with Gasteiger partial charge in [0.25, 0.3) is 0 Å². The summed E-state index contributed by atoms with van der Waals surface area (Å²) in [5, 5.41) is 7.90. The van der Waals surface area contributed by atoms with Gasteiger partial charge in [0.05, 0.1) is 11.2 Å². The summed E-state index contributed by atoms with van der Waals surface area (Å²) >= 11 is 5.84. The number of rotatable bonds is 5. The highest BCUT2D eigenvalue weighted by Gasteiger charge is 2.17. The van der Waals surface area contributed by atoms with E-state index < -0.39 is 0 Å². The largest absolute Gasteiger partial charge is 0.310 e. The zero-order valence-electron chi connectivity index (χ0n) is 12.0. The van der Waals surface area contributed by atoms with Gasteiger partial charge in [-0.25, -0.2) is 4.39 Å². The van der Waals surface area contributed by atoms with Crippen molar-refractivity contribution < 1.29 is 4.39 Å². The minimum absolute atomic E-state index is 0.148. The van der Waals surface area contributed by atoms with Crippen LogP contribution in [0.5, 0.6) is 0 Å². The number of aromatic nitrogens is 2. The number of halogens is 2. The van der Waals surface area contributed by atoms with Crippen LogP contribution in [0.4, 0.5) is 4.39 Å². The average Bonchev–Trinajstić information content (AvgIpc) is 2.74. The molecule has 1 unspecified atom stereocenters. The molecule has 108 valence electrons. The number of benzene rings is 1. The van der Waals surface area contributed by atoms with Crippen LogP contribution in [0.1, 0.15) is 29.8 Å². The second kappa shape index (κ2) is 6.37. The maximum absolute atomic E-state index is 13.2. The quantitative estimate of drug-likeness (QED) is 0.916. The zero-order valence-corrected chi connectivity index (χ0v) is 12.7. The highest BCUT2D eigenvalue weighted by atomic mass is 35.5. The predicted molar refractivity (Wildman–Crippen MR) is 79.5 cm³/mol. The summed E-state index contributed by atoms with van der Waals surface area (Å²) in [4.78, 5) is 0. The Labute approximate surface area is 123 Å². The van der Waals surface area contributed by atoms with Gasteiger partial charge in [-0.2, -0.15) is 5.10 Å². The lowest BCUT2D eigenvalue weighted by Gasteiger charge is -2.18. The van der Waals surface area contributed by atoms with Gasteiger partial charge >= 0.3 is 0 Å². The Morgan fingerprint density at radius 1 is 1.45 bits per heavy atom. The van der Waals surface area contributed by atoms with Gasteiger partial charge < -0.3 is 5.32 Å². The molecule has 1 heterocycles. The van der Waals surface area contributed by atoms with Crippen LogP contribution in [-0.2, 0) is 13.5 Å². The fraction of sp³-hybridized carbons (Fsp3) is 0.400. The van der Waals surface area contributed by atoms with Crippen molar-refractivity contribution >= 4 is 11.6 Å². The normalized spacial score (nSPS) is 12.7. The van der Waals surface area contributed by atoms with E-state index in [0.29, 0.717) is 0 Å². The molecule has 0 spiro atoms. The Balaban J connectivity index is 2.25. The zero-order chi connectivity index (χ0) is 14.7. The predicted octanol–water partition coefficient (Wildman–Crippen LogP) is 3.41. The van der Waals surface area contributed by atoms with Crippen molar-refractivity contribution in [1.29, 1.82) is 0 Å². The van der Waals surface area contributed by atoms with Crippen molar-refractivity contribution in [3.63, 3.8) is 0 Å². The van der Waals surface area contributed by atoms with Crippen molar-refractivity contribution in [2.75, 3.05) is 6.54 Å². The van der Waals surface area contributed by atoms with Gasteiger partial charge in [-0.1, -0.05) is 24.6 Å². The van der Waals surface area contributed by atoms with E-state index in [-0.39, 0.29) is 16.9 Å². The summed E-state index contributed by atoms with van der Waals surface area (Å²) in [7, 11) is 1.93. The van der Waals surface area contributed by atoms with Crippen molar-refractivity contribution in [3.8, 4) is 0 Å². The molecule has 0 saturated carbocycles. The number of nitrogens with one attached hydrogen (secondary N) is 1. The van der Waals surface area contributed by atoms with Crippen LogP contribution < -0.4 is 5.32 Å². The summed E-state index contributed by atoms with van der Waals surface area (Å²) in [5.74, 6) is -0.382. The number of nitrogens with zero attached hydrogens (tertiary/aromatic N) is 2. The third-order valence-electron chi connectivity index (χ3n) is 3.52. The van der Waals surface area contributed by atoms with E-state index in [1.54, 1.807) is 12.1 Å². The van der Waals surface area contributed by atoms with E-state index in [0.717, 1.165) is 29.8 Å². The molecule has 2 rings (SSSR count). The van der Waals surface area contributed by atoms with E-state index in [9.17, 15) is 4.39 Å². The number of hydrogen-bond donors (Lipinski definition) is 1. The fourth-order valence-corrected chi connectivity index (χ4v) is 2.50. The molecule has 0 bridgehead atoms. The molecule has 5 heteroatoms. The molecular formula is C15H19ClFN3. The lowest BCUT2D eigenvalue weighted by Crippen LogP contribution is -2.23. The summed E-state index contributed by atoms with van der Waals surface area (Å²) in [5.41, 5.74) is 3.30. The summed E-state index contributed by atoms with van der Waals surface area (Å²) in [6, 6.07) is 5.02. The average molecular weight is 296 g/mol. The van der Waals surface area contributed by atoms with Gasteiger partial charge in [-0.05, 0) is 37.6 Å². The Hall–Kier alpha value is -1.39. The maximum atomic E-state index is 13.2. The third-order valence-corrected chi connectivity index (χ3v) is 3.81. The van der Waals surface area contributed by atoms with Gasteiger partial charge in [0.15, 0.2) is 0 Å². The molecule has 0 saturated heterocycles. The lowest BCUT2D eigenvalue weighted by atomic mass is 9.99. The van der Waals surface area contributed by atoms with Crippen LogP contribution in [-0.4, -0.2) is 16.3 Å². The molecule has 0 fully saturated rings. The molecule has 1 atom stereocenters. The van der Waals surface area contributed by atoms with E-state index >= 15 is 0 Å². The van der Waals surface area contributed by atoms with Crippen LogP contribution in [0.2, 0.25) is 5.02 Å². The second-order valence-electron chi connectivity index (χ2n) is 4.87. The molecule has 1 aromatic heterocycles. The topological polar surface area (TPSA) is 29.9 Å². The molecule has 1 N–H and O–H groups in total. The number of aryl methyl sites for hydroxylation is 1. The first-order valence-corrected chi connectivity index (χ1v) is 7.06. The molecule has 20 heavy (non-hydrogen) atoms. The molecule has 3 nitrogen and oxygen atoms in total. The molecule has 0 amide bonds. The summed E-state index contributed by atoms with van der Waals surface area (Å²) in [6.07, 6.45) is 2.63. The Morgan fingerprint density at radius 3 is 2.75 bits per heavy atom. The first kappa shape index (κ1) is 15.0. The van der Waals surface area contributed by atoms with E-state index in [1.165, 1.54) is 6.07 Å². The SMILES string of the molecule is CCNC(Cc1ccc(F)c(Cl)c1)c1cnn(C)c1C. The molecule has 0 aliphatic heterocycles. The van der Waals surface area contributed by atoms with Crippen LogP contribution in [0.3, 0.4) is 0 Å². The van der Waals surface area contributed by atoms with Gasteiger partial charge in [0.2, 0.25) is 0 Å². The minimum atomic E-state index is -0.382. The van der Waals surface area contributed by atoms with Gasteiger partial charge in [-0.15, -0.1) is 0 Å². The standard InChI is InChI=1S/C15H19ClFN3/c1-4-18-15(12-9-19-20(3)10(12)2)8-11-5-6-14(17)13(16)7-11/h5-7,9,15,18H,4,8H2,1-3H3. The summed E-state index contributed by atoms with van der Waals surface area (Å²) in [6.45, 7) is 4.97. The van der Waals surface area contributed by atoms with Gasteiger partial charge in [0, 0.05) is 24.3 Å². The second-order valence-corrected chi connectivity index (χ2v) is 5.28. The van der Waals surface area contributed by atoms with Crippen molar-refractivity contribution in [2.45, 2.75) is 26.3 Å². The highest BCUT2D eigenvalue weighted by Crippen LogP contribution is 2.24. The molecule has 0 radical (unpaired) electrons. The van der Waals surface area contributed by atoms with Crippen LogP contribution >= 0.6 is 11.6 Å². The van der Waals surface area contributed by atoms with E-state index in [4.69, 9.17) is 11.6 Å². The van der Waals surface area contributed by atoms with Crippen molar-refractivity contribution in [3.05, 3.63) is 52.1 Å². The van der Waals surface area contributed by atoms with Crippen LogP contribution in [0, 0.1) is 12.7 Å². The number of likely N-dealkylation sites (N-methyl/N-ethyl adjacent to an activating group) is 1. The minimum Gasteiger partial charge on any atom is -0.310 e. The molecular weight excluding hydrogens is 277 g/mol.